The summed E-state index contributed by atoms with van der Waals surface area (Å²) in [6.07, 6.45) is 1.89. The minimum atomic E-state index is -3.60. The maximum atomic E-state index is 12.5. The number of hydrogen-bond donors (Lipinski definition) is 2. The molecule has 0 amide bonds. The van der Waals surface area contributed by atoms with Crippen LogP contribution in [0.2, 0.25) is 0 Å². The fourth-order valence-corrected chi connectivity index (χ4v) is 4.14. The fourth-order valence-electron chi connectivity index (χ4n) is 2.59. The first-order chi connectivity index (χ1) is 10.4. The Kier molecular flexibility index (Phi) is 7.76. The summed E-state index contributed by atoms with van der Waals surface area (Å²) in [7, 11) is -0.479. The van der Waals surface area contributed by atoms with Gasteiger partial charge in [-0.25, -0.2) is 13.1 Å². The topological polar surface area (TPSA) is 76.7 Å². The van der Waals surface area contributed by atoms with Crippen molar-refractivity contribution in [3.05, 3.63) is 22.7 Å². The summed E-state index contributed by atoms with van der Waals surface area (Å²) in [6.45, 7) is 1.64. The molecule has 1 unspecified atom stereocenters. The van der Waals surface area contributed by atoms with Gasteiger partial charge in [-0.1, -0.05) is 0 Å². The average Bonchev–Trinajstić information content (AvgIpc) is 2.95. The molecule has 1 atom stereocenters. The van der Waals surface area contributed by atoms with Gasteiger partial charge < -0.3 is 14.8 Å². The summed E-state index contributed by atoms with van der Waals surface area (Å²) in [5.41, 5.74) is -0.332. The van der Waals surface area contributed by atoms with E-state index in [4.69, 9.17) is 9.47 Å². The van der Waals surface area contributed by atoms with Crippen LogP contribution < -0.4 is 14.8 Å². The molecule has 2 N–H and O–H groups in total. The Balaban J connectivity index is 0.00000264. The zero-order valence-electron chi connectivity index (χ0n) is 13.1. The van der Waals surface area contributed by atoms with E-state index in [1.165, 1.54) is 13.2 Å². The molecule has 1 aromatic rings. The first-order valence-electron chi connectivity index (χ1n) is 7.00. The van der Waals surface area contributed by atoms with E-state index in [0.717, 1.165) is 19.4 Å². The zero-order valence-corrected chi connectivity index (χ0v) is 16.3. The second-order valence-corrected chi connectivity index (χ2v) is 7.99. The number of sulfonamides is 1. The van der Waals surface area contributed by atoms with Gasteiger partial charge in [-0.2, -0.15) is 0 Å². The molecule has 1 aromatic carbocycles. The van der Waals surface area contributed by atoms with E-state index in [1.54, 1.807) is 19.2 Å². The summed E-state index contributed by atoms with van der Waals surface area (Å²) in [5.74, 6) is 0.480. The number of benzene rings is 1. The van der Waals surface area contributed by atoms with Gasteiger partial charge >= 0.3 is 0 Å². The number of hydrogen-bond acceptors (Lipinski definition) is 5. The molecule has 0 spiro atoms. The molecule has 1 saturated heterocycles. The summed E-state index contributed by atoms with van der Waals surface area (Å²) in [6, 6.07) is 4.70. The van der Waals surface area contributed by atoms with Crippen LogP contribution in [0, 0.1) is 0 Å². The lowest BCUT2D eigenvalue weighted by atomic mass is 9.99. The molecule has 0 radical (unpaired) electrons. The van der Waals surface area contributed by atoms with Gasteiger partial charge in [0.15, 0.2) is 0 Å². The van der Waals surface area contributed by atoms with Gasteiger partial charge in [-0.3, -0.25) is 0 Å². The summed E-state index contributed by atoms with van der Waals surface area (Å²) < 4.78 is 38.7. The highest BCUT2D eigenvalue weighted by atomic mass is 79.9. The molecule has 2 rings (SSSR count). The third-order valence-corrected chi connectivity index (χ3v) is 5.84. The second-order valence-electron chi connectivity index (χ2n) is 5.36. The molecular formula is C14H22BrClN2O4S. The quantitative estimate of drug-likeness (QED) is 0.692. The van der Waals surface area contributed by atoms with Crippen LogP contribution in [0.3, 0.4) is 0 Å². The summed E-state index contributed by atoms with van der Waals surface area (Å²) in [5, 5.41) is 3.34. The van der Waals surface area contributed by atoms with Gasteiger partial charge in [0.05, 0.1) is 28.6 Å². The van der Waals surface area contributed by atoms with Crippen molar-refractivity contribution in [3.63, 3.8) is 0 Å². The van der Waals surface area contributed by atoms with Crippen molar-refractivity contribution in [2.75, 3.05) is 33.9 Å². The minimum Gasteiger partial charge on any atom is -0.496 e. The Morgan fingerprint density at radius 1 is 1.39 bits per heavy atom. The zero-order chi connectivity index (χ0) is 16.2. The highest BCUT2D eigenvalue weighted by molar-refractivity contribution is 9.10. The molecular weight excluding hydrogens is 408 g/mol. The molecule has 132 valence electrons. The number of nitrogens with one attached hydrogen (secondary N) is 2. The number of methoxy groups -OCH3 is 2. The number of halogens is 2. The Morgan fingerprint density at radius 2 is 2.13 bits per heavy atom. The highest BCUT2D eigenvalue weighted by Gasteiger charge is 2.34. The van der Waals surface area contributed by atoms with Crippen LogP contribution in [-0.2, 0) is 14.8 Å². The Morgan fingerprint density at radius 3 is 2.70 bits per heavy atom. The summed E-state index contributed by atoms with van der Waals surface area (Å²) >= 11 is 3.31. The molecule has 1 aliphatic rings. The van der Waals surface area contributed by atoms with E-state index in [0.29, 0.717) is 23.4 Å². The van der Waals surface area contributed by atoms with Gasteiger partial charge in [0.25, 0.3) is 0 Å². The van der Waals surface area contributed by atoms with Crippen molar-refractivity contribution in [1.29, 1.82) is 0 Å². The lowest BCUT2D eigenvalue weighted by Gasteiger charge is -2.28. The lowest BCUT2D eigenvalue weighted by molar-refractivity contribution is 0.122. The van der Waals surface area contributed by atoms with Crippen LogP contribution in [-0.4, -0.2) is 47.9 Å². The van der Waals surface area contributed by atoms with E-state index in [1.807, 2.05) is 0 Å². The van der Waals surface area contributed by atoms with Crippen molar-refractivity contribution >= 4 is 38.4 Å². The second kappa shape index (κ2) is 8.64. The van der Waals surface area contributed by atoms with Gasteiger partial charge in [-0.05, 0) is 47.4 Å². The van der Waals surface area contributed by atoms with Crippen LogP contribution in [0.15, 0.2) is 27.6 Å². The fraction of sp³-hybridized carbons (Fsp3) is 0.571. The van der Waals surface area contributed by atoms with Crippen LogP contribution in [0.25, 0.3) is 0 Å². The van der Waals surface area contributed by atoms with Crippen molar-refractivity contribution in [1.82, 2.24) is 10.0 Å². The normalized spacial score (nSPS) is 21.0. The highest BCUT2D eigenvalue weighted by Crippen LogP contribution is 2.28. The van der Waals surface area contributed by atoms with E-state index < -0.39 is 10.0 Å². The van der Waals surface area contributed by atoms with Crippen molar-refractivity contribution in [2.24, 2.45) is 0 Å². The van der Waals surface area contributed by atoms with E-state index in [-0.39, 0.29) is 22.8 Å². The standard InChI is InChI=1S/C14H21BrN2O4S.ClH/c1-20-10-14(6-3-7-16-14)9-17-22(18,19)11-4-5-12(15)13(8-11)21-2;/h4-5,8,16-17H,3,6-7,9-10H2,1-2H3;1H. The average molecular weight is 430 g/mol. The van der Waals surface area contributed by atoms with Gasteiger partial charge in [0, 0.05) is 19.7 Å². The molecule has 0 aromatic heterocycles. The van der Waals surface area contributed by atoms with Crippen LogP contribution >= 0.6 is 28.3 Å². The Hall–Kier alpha value is -0.380. The lowest BCUT2D eigenvalue weighted by Crippen LogP contribution is -2.52. The molecule has 9 heteroatoms. The molecule has 0 bridgehead atoms. The molecule has 1 aliphatic heterocycles. The van der Waals surface area contributed by atoms with Gasteiger partial charge in [0.1, 0.15) is 5.75 Å². The summed E-state index contributed by atoms with van der Waals surface area (Å²) in [4.78, 5) is 0.179. The molecule has 1 fully saturated rings. The first kappa shape index (κ1) is 20.7. The van der Waals surface area contributed by atoms with Crippen LogP contribution in [0.4, 0.5) is 0 Å². The van der Waals surface area contributed by atoms with Gasteiger partial charge in [-0.15, -0.1) is 12.4 Å². The van der Waals surface area contributed by atoms with E-state index in [2.05, 4.69) is 26.0 Å². The predicted molar refractivity (Wildman–Crippen MR) is 95.0 cm³/mol. The Labute approximate surface area is 151 Å². The third kappa shape index (κ3) is 5.04. The van der Waals surface area contributed by atoms with Gasteiger partial charge in [0.2, 0.25) is 10.0 Å². The van der Waals surface area contributed by atoms with Crippen molar-refractivity contribution < 1.29 is 17.9 Å². The maximum Gasteiger partial charge on any atom is 0.240 e. The molecule has 0 saturated carbocycles. The monoisotopic (exact) mass is 428 g/mol. The molecule has 0 aliphatic carbocycles. The predicted octanol–water partition coefficient (Wildman–Crippen LogP) is 1.93. The SMILES string of the molecule is COCC1(CNS(=O)(=O)c2ccc(Br)c(OC)c2)CCCN1.Cl. The van der Waals surface area contributed by atoms with E-state index in [9.17, 15) is 8.42 Å². The third-order valence-electron chi connectivity index (χ3n) is 3.79. The number of ether oxygens (including phenoxy) is 2. The maximum absolute atomic E-state index is 12.5. The molecule has 23 heavy (non-hydrogen) atoms. The molecule has 1 heterocycles. The van der Waals surface area contributed by atoms with Crippen LogP contribution in [0.1, 0.15) is 12.8 Å². The van der Waals surface area contributed by atoms with Crippen molar-refractivity contribution in [2.45, 2.75) is 23.3 Å². The smallest absolute Gasteiger partial charge is 0.240 e. The van der Waals surface area contributed by atoms with E-state index >= 15 is 0 Å². The van der Waals surface area contributed by atoms with Crippen LogP contribution in [0.5, 0.6) is 5.75 Å². The number of rotatable bonds is 7. The first-order valence-corrected chi connectivity index (χ1v) is 9.27. The minimum absolute atomic E-state index is 0. The van der Waals surface area contributed by atoms with Crippen molar-refractivity contribution in [3.8, 4) is 5.75 Å². The molecule has 6 nitrogen and oxygen atoms in total. The largest absolute Gasteiger partial charge is 0.496 e. The Bertz CT molecular complexity index is 621.